The van der Waals surface area contributed by atoms with E-state index in [1.165, 1.54) is 11.8 Å². The first-order valence-corrected chi connectivity index (χ1v) is 11.8. The fraction of sp³-hybridized carbons (Fsp3) is 0.160. The van der Waals surface area contributed by atoms with Crippen LogP contribution in [0.5, 0.6) is 0 Å². The minimum Gasteiger partial charge on any atom is -0.450 e. The molecular formula is C25H18Cl2O7S. The van der Waals surface area contributed by atoms with Crippen molar-refractivity contribution < 1.29 is 34.1 Å². The third kappa shape index (κ3) is 4.45. The molecule has 180 valence electrons. The first-order valence-electron chi connectivity index (χ1n) is 10.3. The second-order valence-corrected chi connectivity index (χ2v) is 9.94. The van der Waals surface area contributed by atoms with E-state index >= 15 is 0 Å². The number of benzene rings is 3. The van der Waals surface area contributed by atoms with Crippen molar-refractivity contribution in [2.45, 2.75) is 9.64 Å². The molecular weight excluding hydrogens is 515 g/mol. The molecule has 4 rings (SSSR count). The summed E-state index contributed by atoms with van der Waals surface area (Å²) in [4.78, 5) is 37.9. The van der Waals surface area contributed by atoms with Crippen molar-refractivity contribution in [3.05, 3.63) is 99.5 Å². The Labute approximate surface area is 214 Å². The molecule has 3 aromatic carbocycles. The molecule has 0 amide bonds. The third-order valence-corrected chi connectivity index (χ3v) is 8.14. The summed E-state index contributed by atoms with van der Waals surface area (Å²) in [5, 5.41) is 19.6. The molecule has 1 heterocycles. The number of carbonyl (C=O) groups is 3. The molecule has 0 fully saturated rings. The number of halogens is 2. The largest absolute Gasteiger partial charge is 0.505 e. The molecule has 0 radical (unpaired) electrons. The van der Waals surface area contributed by atoms with E-state index < -0.39 is 41.5 Å². The zero-order chi connectivity index (χ0) is 25.2. The third-order valence-electron chi connectivity index (χ3n) is 5.89. The minimum atomic E-state index is -1.82. The van der Waals surface area contributed by atoms with E-state index in [1.54, 1.807) is 72.8 Å². The van der Waals surface area contributed by atoms with E-state index in [-0.39, 0.29) is 0 Å². The smallest absolute Gasteiger partial charge is 0.450 e. The molecule has 10 heteroatoms. The average molecular weight is 533 g/mol. The number of hydrogen-bond donors (Lipinski definition) is 2. The second-order valence-electron chi connectivity index (χ2n) is 7.81. The van der Waals surface area contributed by atoms with Gasteiger partial charge in [0, 0.05) is 20.5 Å². The van der Waals surface area contributed by atoms with Crippen LogP contribution in [0.25, 0.3) is 0 Å². The lowest BCUT2D eigenvalue weighted by molar-refractivity contribution is -0.00791. The highest BCUT2D eigenvalue weighted by Crippen LogP contribution is 2.62. The summed E-state index contributed by atoms with van der Waals surface area (Å²) in [5.74, 6) is -0.515. The van der Waals surface area contributed by atoms with Crippen LogP contribution >= 0.6 is 35.0 Å². The Morgan fingerprint density at radius 3 is 1.69 bits per heavy atom. The molecule has 3 aromatic rings. The van der Waals surface area contributed by atoms with E-state index in [0.717, 1.165) is 0 Å². The summed E-state index contributed by atoms with van der Waals surface area (Å²) in [6.07, 6.45) is -3.23. The molecule has 0 aromatic heterocycles. The molecule has 35 heavy (non-hydrogen) atoms. The molecule has 0 atom stereocenters. The lowest BCUT2D eigenvalue weighted by Gasteiger charge is -2.51. The van der Waals surface area contributed by atoms with Crippen molar-refractivity contribution in [1.82, 2.24) is 0 Å². The first-order chi connectivity index (χ1) is 16.7. The number of thioether (sulfide) groups is 1. The zero-order valence-electron chi connectivity index (χ0n) is 17.9. The van der Waals surface area contributed by atoms with E-state index in [9.17, 15) is 24.6 Å². The van der Waals surface area contributed by atoms with Gasteiger partial charge in [-0.15, -0.1) is 11.8 Å². The SMILES string of the molecule is O=C(O)OCC1(COC(=O)O)C(=O)c2ccccc2SC1(c1ccc(Cl)cc1)c1ccc(Cl)cc1. The van der Waals surface area contributed by atoms with Crippen LogP contribution in [0.3, 0.4) is 0 Å². The predicted molar refractivity (Wildman–Crippen MR) is 131 cm³/mol. The molecule has 2 N–H and O–H groups in total. The van der Waals surface area contributed by atoms with Gasteiger partial charge in [0.25, 0.3) is 0 Å². The van der Waals surface area contributed by atoms with Gasteiger partial charge in [-0.25, -0.2) is 9.59 Å². The number of carbonyl (C=O) groups excluding carboxylic acids is 1. The molecule has 1 aliphatic rings. The van der Waals surface area contributed by atoms with Gasteiger partial charge in [-0.3, -0.25) is 4.79 Å². The highest BCUT2D eigenvalue weighted by atomic mass is 35.5. The molecule has 0 saturated heterocycles. The van der Waals surface area contributed by atoms with E-state index in [4.69, 9.17) is 32.7 Å². The fourth-order valence-electron chi connectivity index (χ4n) is 4.38. The first kappa shape index (κ1) is 24.9. The normalized spacial score (nSPS) is 15.7. The van der Waals surface area contributed by atoms with Crippen molar-refractivity contribution in [3.63, 3.8) is 0 Å². The lowest BCUT2D eigenvalue weighted by Crippen LogP contribution is -2.58. The maximum absolute atomic E-state index is 14.2. The molecule has 0 saturated carbocycles. The van der Waals surface area contributed by atoms with Gasteiger partial charge in [-0.1, -0.05) is 65.7 Å². The summed E-state index contributed by atoms with van der Waals surface area (Å²) < 4.78 is 8.63. The van der Waals surface area contributed by atoms with Crippen LogP contribution in [0.15, 0.2) is 77.7 Å². The van der Waals surface area contributed by atoms with E-state index in [1.807, 2.05) is 0 Å². The highest BCUT2D eigenvalue weighted by Gasteiger charge is 2.63. The van der Waals surface area contributed by atoms with Crippen LogP contribution in [-0.4, -0.2) is 41.5 Å². The lowest BCUT2D eigenvalue weighted by atomic mass is 9.64. The highest BCUT2D eigenvalue weighted by molar-refractivity contribution is 8.00. The number of ketones is 1. The van der Waals surface area contributed by atoms with Crippen LogP contribution in [-0.2, 0) is 14.2 Å². The number of fused-ring (bicyclic) bond motifs is 1. The Balaban J connectivity index is 2.11. The molecule has 0 bridgehead atoms. The van der Waals surface area contributed by atoms with Crippen LogP contribution in [0.2, 0.25) is 10.0 Å². The van der Waals surface area contributed by atoms with Gasteiger partial charge in [0.2, 0.25) is 0 Å². The van der Waals surface area contributed by atoms with Gasteiger partial charge >= 0.3 is 12.3 Å². The molecule has 0 spiro atoms. The number of Topliss-reactive ketones (excluding diaryl/α,β-unsaturated/α-hetero) is 1. The Bertz CT molecular complexity index is 1210. The average Bonchev–Trinajstić information content (AvgIpc) is 2.83. The summed E-state index contributed by atoms with van der Waals surface area (Å²) in [7, 11) is 0. The van der Waals surface area contributed by atoms with Gasteiger partial charge in [0.1, 0.15) is 18.6 Å². The van der Waals surface area contributed by atoms with Gasteiger partial charge in [-0.05, 0) is 41.5 Å². The molecule has 1 aliphatic heterocycles. The Kier molecular flexibility index (Phi) is 6.98. The minimum absolute atomic E-state index is 0.305. The molecule has 0 unspecified atom stereocenters. The van der Waals surface area contributed by atoms with Gasteiger partial charge in [0.15, 0.2) is 5.78 Å². The maximum Gasteiger partial charge on any atom is 0.505 e. The summed E-state index contributed by atoms with van der Waals surface area (Å²) in [6, 6.07) is 20.2. The van der Waals surface area contributed by atoms with Crippen LogP contribution < -0.4 is 0 Å². The predicted octanol–water partition coefficient (Wildman–Crippen LogP) is 6.60. The van der Waals surface area contributed by atoms with Crippen molar-refractivity contribution in [1.29, 1.82) is 0 Å². The van der Waals surface area contributed by atoms with Gasteiger partial charge < -0.3 is 19.7 Å². The second kappa shape index (κ2) is 9.81. The number of carboxylic acid groups (broad SMARTS) is 2. The van der Waals surface area contributed by atoms with Crippen LogP contribution in [0, 0.1) is 5.41 Å². The summed E-state index contributed by atoms with van der Waals surface area (Å²) in [5.41, 5.74) is -0.371. The standard InChI is InChI=1S/C25H18Cl2O7S/c26-17-9-5-15(6-10-17)25(16-7-11-18(27)12-8-16)24(13-33-22(29)30,14-34-23(31)32)21(28)19-3-1-2-4-20(19)35-25/h1-12H,13-14H2,(H,29,30)(H,31,32). The Morgan fingerprint density at radius 2 is 1.23 bits per heavy atom. The number of rotatable bonds is 6. The van der Waals surface area contributed by atoms with Gasteiger partial charge in [0.05, 0.1) is 4.75 Å². The van der Waals surface area contributed by atoms with Crippen molar-refractivity contribution >= 4 is 53.1 Å². The quantitative estimate of drug-likeness (QED) is 0.341. The van der Waals surface area contributed by atoms with Gasteiger partial charge in [-0.2, -0.15) is 0 Å². The zero-order valence-corrected chi connectivity index (χ0v) is 20.3. The summed E-state index contributed by atoms with van der Waals surface area (Å²) in [6.45, 7) is -1.33. The molecule has 7 nitrogen and oxygen atoms in total. The van der Waals surface area contributed by atoms with Crippen LogP contribution in [0.1, 0.15) is 21.5 Å². The van der Waals surface area contributed by atoms with E-state index in [2.05, 4.69) is 0 Å². The number of ether oxygens (including phenoxy) is 2. The van der Waals surface area contributed by atoms with E-state index in [0.29, 0.717) is 31.6 Å². The van der Waals surface area contributed by atoms with Crippen molar-refractivity contribution in [2.75, 3.05) is 13.2 Å². The van der Waals surface area contributed by atoms with Crippen molar-refractivity contribution in [3.8, 4) is 0 Å². The number of hydrogen-bond acceptors (Lipinski definition) is 6. The summed E-state index contributed by atoms with van der Waals surface area (Å²) >= 11 is 13.6. The Morgan fingerprint density at radius 1 is 0.771 bits per heavy atom. The maximum atomic E-state index is 14.2. The molecule has 0 aliphatic carbocycles. The fourth-order valence-corrected chi connectivity index (χ4v) is 6.29. The topological polar surface area (TPSA) is 110 Å². The Hall–Kier alpha value is -3.20. The monoisotopic (exact) mass is 532 g/mol. The van der Waals surface area contributed by atoms with Crippen molar-refractivity contribution in [2.24, 2.45) is 5.41 Å². The van der Waals surface area contributed by atoms with Crippen LogP contribution in [0.4, 0.5) is 9.59 Å².